The second-order valence-corrected chi connectivity index (χ2v) is 5.45. The maximum atomic E-state index is 12.1. The summed E-state index contributed by atoms with van der Waals surface area (Å²) < 4.78 is 5.63. The molecule has 1 aromatic rings. The van der Waals surface area contributed by atoms with Crippen molar-refractivity contribution in [1.29, 1.82) is 0 Å². The normalized spacial score (nSPS) is 29.9. The fraction of sp³-hybridized carbons (Fsp3) is 0.615. The number of hydrogen-bond acceptors (Lipinski definition) is 5. The van der Waals surface area contributed by atoms with Crippen LogP contribution in [0.1, 0.15) is 23.7 Å². The second kappa shape index (κ2) is 5.34. The fourth-order valence-corrected chi connectivity index (χ4v) is 2.91. The lowest BCUT2D eigenvalue weighted by molar-refractivity contribution is -0.0390. The highest BCUT2D eigenvalue weighted by Gasteiger charge is 2.36. The van der Waals surface area contributed by atoms with Gasteiger partial charge in [-0.25, -0.2) is 4.98 Å². The Bertz CT molecular complexity index is 559. The number of aromatic amines is 1. The van der Waals surface area contributed by atoms with E-state index in [1.807, 2.05) is 0 Å². The summed E-state index contributed by atoms with van der Waals surface area (Å²) in [6.07, 6.45) is 3.66. The van der Waals surface area contributed by atoms with Gasteiger partial charge in [-0.3, -0.25) is 14.5 Å². The van der Waals surface area contributed by atoms with Crippen LogP contribution in [0.25, 0.3) is 0 Å². The molecule has 108 valence electrons. The Morgan fingerprint density at radius 3 is 3.20 bits per heavy atom. The van der Waals surface area contributed by atoms with Crippen molar-refractivity contribution < 1.29 is 9.53 Å². The summed E-state index contributed by atoms with van der Waals surface area (Å²) in [5, 5.41) is 2.91. The third-order valence-corrected chi connectivity index (χ3v) is 3.89. The monoisotopic (exact) mass is 278 g/mol. The van der Waals surface area contributed by atoms with E-state index in [9.17, 15) is 9.59 Å². The first kappa shape index (κ1) is 13.3. The number of amides is 1. The lowest BCUT2D eigenvalue weighted by Crippen LogP contribution is -2.45. The molecule has 0 radical (unpaired) electrons. The van der Waals surface area contributed by atoms with Crippen LogP contribution in [0.5, 0.6) is 0 Å². The van der Waals surface area contributed by atoms with Gasteiger partial charge >= 0.3 is 0 Å². The number of nitrogens with zero attached hydrogens (tertiary/aromatic N) is 2. The van der Waals surface area contributed by atoms with Gasteiger partial charge in [0, 0.05) is 31.4 Å². The van der Waals surface area contributed by atoms with Crippen LogP contribution in [0.3, 0.4) is 0 Å². The van der Waals surface area contributed by atoms with Crippen molar-refractivity contribution in [3.63, 3.8) is 0 Å². The number of aromatic nitrogens is 2. The summed E-state index contributed by atoms with van der Waals surface area (Å²) in [6.45, 7) is 4.46. The first-order valence-electron chi connectivity index (χ1n) is 6.82. The minimum Gasteiger partial charge on any atom is -0.376 e. The molecule has 2 aliphatic rings. The zero-order chi connectivity index (χ0) is 14.1. The minimum atomic E-state index is -0.412. The maximum Gasteiger partial charge on any atom is 0.263 e. The molecule has 3 atom stereocenters. The highest BCUT2D eigenvalue weighted by molar-refractivity contribution is 5.93. The van der Waals surface area contributed by atoms with Crippen LogP contribution in [-0.2, 0) is 4.74 Å². The fourth-order valence-electron chi connectivity index (χ4n) is 2.91. The van der Waals surface area contributed by atoms with Gasteiger partial charge in [-0.15, -0.1) is 0 Å². The minimum absolute atomic E-state index is 0.0565. The molecule has 0 aliphatic carbocycles. The van der Waals surface area contributed by atoms with E-state index in [4.69, 9.17) is 4.74 Å². The average Bonchev–Trinajstić information content (AvgIpc) is 2.80. The largest absolute Gasteiger partial charge is 0.376 e. The van der Waals surface area contributed by atoms with Crippen molar-refractivity contribution in [2.24, 2.45) is 0 Å². The molecule has 2 N–H and O–H groups in total. The van der Waals surface area contributed by atoms with Crippen LogP contribution in [0.2, 0.25) is 0 Å². The van der Waals surface area contributed by atoms with E-state index in [1.165, 1.54) is 12.5 Å². The molecular formula is C13H18N4O3. The Morgan fingerprint density at radius 2 is 2.40 bits per heavy atom. The highest BCUT2D eigenvalue weighted by Crippen LogP contribution is 2.23. The molecule has 3 rings (SSSR count). The molecule has 0 bridgehead atoms. The van der Waals surface area contributed by atoms with Crippen molar-refractivity contribution in [3.8, 4) is 0 Å². The number of H-pyrrole nitrogens is 1. The van der Waals surface area contributed by atoms with Crippen LogP contribution in [0, 0.1) is 0 Å². The summed E-state index contributed by atoms with van der Waals surface area (Å²) in [5.74, 6) is -0.363. The van der Waals surface area contributed by atoms with E-state index in [1.54, 1.807) is 0 Å². The van der Waals surface area contributed by atoms with Crippen molar-refractivity contribution in [2.45, 2.75) is 31.5 Å². The molecule has 20 heavy (non-hydrogen) atoms. The zero-order valence-corrected chi connectivity index (χ0v) is 11.3. The van der Waals surface area contributed by atoms with Crippen LogP contribution in [-0.4, -0.2) is 58.7 Å². The van der Waals surface area contributed by atoms with E-state index < -0.39 is 5.56 Å². The molecule has 1 aromatic heterocycles. The van der Waals surface area contributed by atoms with Gasteiger partial charge in [-0.05, 0) is 13.3 Å². The SMILES string of the molecule is C[C@H]1CN2C[C@@H](NC(=O)c3cnc[nH]c3=O)C[C@H]2CO1. The molecule has 7 heteroatoms. The van der Waals surface area contributed by atoms with Crippen molar-refractivity contribution in [3.05, 3.63) is 28.4 Å². The molecule has 0 spiro atoms. The predicted molar refractivity (Wildman–Crippen MR) is 71.5 cm³/mol. The van der Waals surface area contributed by atoms with Gasteiger partial charge < -0.3 is 15.0 Å². The number of fused-ring (bicyclic) bond motifs is 1. The average molecular weight is 278 g/mol. The van der Waals surface area contributed by atoms with Gasteiger partial charge in [-0.1, -0.05) is 0 Å². The van der Waals surface area contributed by atoms with Crippen LogP contribution >= 0.6 is 0 Å². The number of carbonyl (C=O) groups excluding carboxylic acids is 1. The second-order valence-electron chi connectivity index (χ2n) is 5.45. The molecule has 2 aliphatic heterocycles. The van der Waals surface area contributed by atoms with Gasteiger partial charge in [0.1, 0.15) is 5.56 Å². The summed E-state index contributed by atoms with van der Waals surface area (Å²) >= 11 is 0. The number of hydrogen-bond donors (Lipinski definition) is 2. The lowest BCUT2D eigenvalue weighted by atomic mass is 10.1. The molecule has 3 heterocycles. The first-order valence-corrected chi connectivity index (χ1v) is 6.82. The molecule has 2 saturated heterocycles. The lowest BCUT2D eigenvalue weighted by Gasteiger charge is -2.33. The van der Waals surface area contributed by atoms with E-state index in [0.717, 1.165) is 19.5 Å². The van der Waals surface area contributed by atoms with Crippen molar-refractivity contribution in [1.82, 2.24) is 20.2 Å². The third-order valence-electron chi connectivity index (χ3n) is 3.89. The number of nitrogens with one attached hydrogen (secondary N) is 2. The topological polar surface area (TPSA) is 87.3 Å². The summed E-state index contributed by atoms with van der Waals surface area (Å²) in [7, 11) is 0. The standard InChI is InChI=1S/C13H18N4O3/c1-8-4-17-5-9(2-10(17)6-20-8)16-13(19)11-3-14-7-15-12(11)18/h3,7-10H,2,4-6H2,1H3,(H,16,19)(H,14,15,18)/t8-,9-,10-/m0/s1. The number of rotatable bonds is 2. The van der Waals surface area contributed by atoms with Crippen LogP contribution < -0.4 is 10.9 Å². The molecule has 1 amide bonds. The Labute approximate surface area is 116 Å². The van der Waals surface area contributed by atoms with E-state index in [-0.39, 0.29) is 23.6 Å². The van der Waals surface area contributed by atoms with Crippen LogP contribution in [0.15, 0.2) is 17.3 Å². The Balaban J connectivity index is 1.64. The Hall–Kier alpha value is -1.73. The highest BCUT2D eigenvalue weighted by atomic mass is 16.5. The Kier molecular flexibility index (Phi) is 3.54. The van der Waals surface area contributed by atoms with E-state index in [0.29, 0.717) is 12.6 Å². The van der Waals surface area contributed by atoms with Gasteiger partial charge in [0.25, 0.3) is 11.5 Å². The smallest absolute Gasteiger partial charge is 0.263 e. The number of carbonyl (C=O) groups is 1. The van der Waals surface area contributed by atoms with Crippen LogP contribution in [0.4, 0.5) is 0 Å². The molecule has 0 aromatic carbocycles. The molecular weight excluding hydrogens is 260 g/mol. The maximum absolute atomic E-state index is 12.1. The predicted octanol–water partition coefficient (Wildman–Crippen LogP) is -0.639. The van der Waals surface area contributed by atoms with Crippen molar-refractivity contribution in [2.75, 3.05) is 19.7 Å². The zero-order valence-electron chi connectivity index (χ0n) is 11.3. The summed E-state index contributed by atoms with van der Waals surface area (Å²) in [5.41, 5.74) is -0.354. The molecule has 0 unspecified atom stereocenters. The molecule has 2 fully saturated rings. The number of morpholine rings is 1. The van der Waals surface area contributed by atoms with Gasteiger partial charge in [0.15, 0.2) is 0 Å². The van der Waals surface area contributed by atoms with E-state index in [2.05, 4.69) is 27.1 Å². The third kappa shape index (κ3) is 2.59. The first-order chi connectivity index (χ1) is 9.63. The molecule has 7 nitrogen and oxygen atoms in total. The van der Waals surface area contributed by atoms with Gasteiger partial charge in [0.05, 0.1) is 19.0 Å². The number of ether oxygens (including phenoxy) is 1. The molecule has 0 saturated carbocycles. The Morgan fingerprint density at radius 1 is 1.55 bits per heavy atom. The summed E-state index contributed by atoms with van der Waals surface area (Å²) in [6, 6.07) is 0.421. The van der Waals surface area contributed by atoms with E-state index >= 15 is 0 Å². The summed E-state index contributed by atoms with van der Waals surface area (Å²) in [4.78, 5) is 32.1. The quantitative estimate of drug-likeness (QED) is 0.751. The van der Waals surface area contributed by atoms with Gasteiger partial charge in [-0.2, -0.15) is 0 Å². The van der Waals surface area contributed by atoms with Gasteiger partial charge in [0.2, 0.25) is 0 Å². The van der Waals surface area contributed by atoms with Crippen molar-refractivity contribution >= 4 is 5.91 Å².